The third-order valence-corrected chi connectivity index (χ3v) is 5.56. The summed E-state index contributed by atoms with van der Waals surface area (Å²) < 4.78 is 9.75. The number of carbonyl (C=O) groups excluding carboxylic acids is 5. The van der Waals surface area contributed by atoms with Gasteiger partial charge in [0.05, 0.1) is 6.61 Å². The number of aliphatic carboxylic acids is 1. The number of nitrogens with zero attached hydrogens (tertiary/aromatic N) is 1. The van der Waals surface area contributed by atoms with Crippen LogP contribution in [0.1, 0.15) is 39.7 Å². The number of benzene rings is 1. The van der Waals surface area contributed by atoms with Crippen molar-refractivity contribution in [3.8, 4) is 0 Å². The molecule has 0 radical (unpaired) electrons. The Labute approximate surface area is 220 Å². The summed E-state index contributed by atoms with van der Waals surface area (Å²) in [4.78, 5) is 73.5. The van der Waals surface area contributed by atoms with Gasteiger partial charge in [-0.3, -0.25) is 29.4 Å². The maximum Gasteiger partial charge on any atom is 0.338 e. The van der Waals surface area contributed by atoms with Gasteiger partial charge in [-0.15, -0.1) is 0 Å². The zero-order chi connectivity index (χ0) is 28.4. The molecule has 1 fully saturated rings. The summed E-state index contributed by atoms with van der Waals surface area (Å²) in [5, 5.41) is 14.8. The van der Waals surface area contributed by atoms with Gasteiger partial charge in [0.15, 0.2) is 12.2 Å². The van der Waals surface area contributed by atoms with Crippen LogP contribution in [0.2, 0.25) is 0 Å². The number of esters is 1. The monoisotopic (exact) mass is 534 g/mol. The van der Waals surface area contributed by atoms with Crippen molar-refractivity contribution in [1.82, 2.24) is 21.1 Å². The molecule has 38 heavy (non-hydrogen) atoms. The summed E-state index contributed by atoms with van der Waals surface area (Å²) in [6.45, 7) is 5.53. The van der Waals surface area contributed by atoms with Gasteiger partial charge >= 0.3 is 11.9 Å². The average molecular weight is 535 g/mol. The van der Waals surface area contributed by atoms with E-state index >= 15 is 0 Å². The number of rotatable bonds is 13. The molecule has 1 saturated heterocycles. The van der Waals surface area contributed by atoms with Crippen LogP contribution in [-0.4, -0.2) is 83.1 Å². The molecule has 2 rings (SSSR count). The van der Waals surface area contributed by atoms with Crippen molar-refractivity contribution in [2.45, 2.75) is 64.8 Å². The van der Waals surface area contributed by atoms with Crippen molar-refractivity contribution in [3.05, 3.63) is 35.9 Å². The van der Waals surface area contributed by atoms with E-state index in [1.54, 1.807) is 20.8 Å². The van der Waals surface area contributed by atoms with Crippen LogP contribution in [0.25, 0.3) is 0 Å². The van der Waals surface area contributed by atoms with Crippen LogP contribution in [0.3, 0.4) is 0 Å². The van der Waals surface area contributed by atoms with Crippen LogP contribution in [0.5, 0.6) is 0 Å². The molecule has 1 aromatic carbocycles. The Kier molecular flexibility index (Phi) is 11.2. The lowest BCUT2D eigenvalue weighted by Gasteiger charge is -2.26. The Hall–Kier alpha value is -4.00. The van der Waals surface area contributed by atoms with Crippen molar-refractivity contribution in [2.75, 3.05) is 13.2 Å². The van der Waals surface area contributed by atoms with Crippen LogP contribution < -0.4 is 16.1 Å². The van der Waals surface area contributed by atoms with Gasteiger partial charge in [-0.2, -0.15) is 0 Å². The Bertz CT molecular complexity index is 1030. The van der Waals surface area contributed by atoms with Gasteiger partial charge in [0.1, 0.15) is 18.6 Å². The van der Waals surface area contributed by atoms with Crippen LogP contribution in [0, 0.1) is 5.92 Å². The molecule has 1 aromatic rings. The van der Waals surface area contributed by atoms with E-state index in [-0.39, 0.29) is 24.9 Å². The predicted octanol–water partition coefficient (Wildman–Crippen LogP) is -0.460. The van der Waals surface area contributed by atoms with E-state index in [9.17, 15) is 28.8 Å². The van der Waals surface area contributed by atoms with Gasteiger partial charge < -0.3 is 25.2 Å². The standard InChI is InChI=1S/C25H34N4O9/c1-5-37-25(36)21-20(38-21)24(35)29(13-18(31)32)28-22(33)15(4)26-23(34)19(14(2)3)27-17(30)12-11-16-9-7-6-8-10-16/h6-10,14-15,19-21H,5,11-13H2,1-4H3,(H,26,34)(H,27,30)(H,28,33)(H,31,32)/t15-,19-,20-,21-/m0/s1. The minimum absolute atomic E-state index is 0.0667. The molecule has 1 heterocycles. The lowest BCUT2D eigenvalue weighted by molar-refractivity contribution is -0.151. The highest BCUT2D eigenvalue weighted by Crippen LogP contribution is 2.25. The molecule has 4 N–H and O–H groups in total. The van der Waals surface area contributed by atoms with Crippen LogP contribution in [0.15, 0.2) is 30.3 Å². The van der Waals surface area contributed by atoms with Crippen LogP contribution >= 0.6 is 0 Å². The number of hydrogen-bond acceptors (Lipinski definition) is 8. The number of aryl methyl sites for hydroxylation is 1. The normalized spacial score (nSPS) is 17.5. The number of epoxide rings is 1. The van der Waals surface area contributed by atoms with Crippen molar-refractivity contribution in [2.24, 2.45) is 5.92 Å². The quantitative estimate of drug-likeness (QED) is 0.148. The maximum absolute atomic E-state index is 12.9. The van der Waals surface area contributed by atoms with E-state index in [4.69, 9.17) is 14.6 Å². The Balaban J connectivity index is 1.94. The first-order valence-corrected chi connectivity index (χ1v) is 12.2. The first-order valence-electron chi connectivity index (χ1n) is 12.2. The first-order chi connectivity index (χ1) is 17.9. The van der Waals surface area contributed by atoms with Crippen molar-refractivity contribution in [3.63, 3.8) is 0 Å². The van der Waals surface area contributed by atoms with E-state index in [2.05, 4.69) is 16.1 Å². The Morgan fingerprint density at radius 2 is 1.66 bits per heavy atom. The molecule has 0 aromatic heterocycles. The molecule has 1 aliphatic rings. The summed E-state index contributed by atoms with van der Waals surface area (Å²) in [7, 11) is 0. The zero-order valence-electron chi connectivity index (χ0n) is 21.8. The second-order valence-electron chi connectivity index (χ2n) is 9.03. The molecule has 0 unspecified atom stereocenters. The molecule has 4 amide bonds. The van der Waals surface area contributed by atoms with Gasteiger partial charge in [0.25, 0.3) is 11.8 Å². The summed E-state index contributed by atoms with van der Waals surface area (Å²) in [5.74, 6) is -5.32. The minimum atomic E-state index is -1.43. The van der Waals surface area contributed by atoms with Gasteiger partial charge in [-0.1, -0.05) is 44.2 Å². The number of amides is 4. The number of hydrogen-bond donors (Lipinski definition) is 4. The number of carbonyl (C=O) groups is 6. The summed E-state index contributed by atoms with van der Waals surface area (Å²) >= 11 is 0. The number of ether oxygens (including phenoxy) is 2. The number of hydrazine groups is 1. The fraction of sp³-hybridized carbons (Fsp3) is 0.520. The summed E-state index contributed by atoms with van der Waals surface area (Å²) in [6, 6.07) is 7.26. The fourth-order valence-electron chi connectivity index (χ4n) is 3.45. The van der Waals surface area contributed by atoms with E-state index in [1.807, 2.05) is 30.3 Å². The lowest BCUT2D eigenvalue weighted by Crippen LogP contribution is -2.58. The van der Waals surface area contributed by atoms with Crippen molar-refractivity contribution < 1.29 is 43.3 Å². The molecule has 13 nitrogen and oxygen atoms in total. The first kappa shape index (κ1) is 30.2. The Morgan fingerprint density at radius 3 is 2.24 bits per heavy atom. The smallest absolute Gasteiger partial charge is 0.338 e. The molecule has 1 aliphatic heterocycles. The predicted molar refractivity (Wildman–Crippen MR) is 132 cm³/mol. The molecular formula is C25H34N4O9. The highest BCUT2D eigenvalue weighted by Gasteiger charge is 2.53. The highest BCUT2D eigenvalue weighted by atomic mass is 16.6. The number of nitrogens with one attached hydrogen (secondary N) is 3. The maximum atomic E-state index is 12.9. The fourth-order valence-corrected chi connectivity index (χ4v) is 3.45. The van der Waals surface area contributed by atoms with E-state index in [0.29, 0.717) is 11.4 Å². The van der Waals surface area contributed by atoms with Crippen molar-refractivity contribution >= 4 is 35.6 Å². The number of carboxylic acid groups (broad SMARTS) is 1. The van der Waals surface area contributed by atoms with Gasteiger partial charge in [-0.25, -0.2) is 9.80 Å². The molecule has 0 aliphatic carbocycles. The molecule has 0 bridgehead atoms. The molecule has 4 atom stereocenters. The molecular weight excluding hydrogens is 500 g/mol. The van der Waals surface area contributed by atoms with Crippen LogP contribution in [-0.2, 0) is 44.7 Å². The topological polar surface area (TPSA) is 184 Å². The molecule has 0 saturated carbocycles. The van der Waals surface area contributed by atoms with E-state index in [0.717, 1.165) is 5.56 Å². The minimum Gasteiger partial charge on any atom is -0.480 e. The van der Waals surface area contributed by atoms with E-state index < -0.39 is 60.5 Å². The third-order valence-electron chi connectivity index (χ3n) is 5.56. The largest absolute Gasteiger partial charge is 0.480 e. The van der Waals surface area contributed by atoms with Crippen LogP contribution in [0.4, 0.5) is 0 Å². The summed E-state index contributed by atoms with van der Waals surface area (Å²) in [6.07, 6.45) is -1.83. The van der Waals surface area contributed by atoms with Gasteiger partial charge in [0, 0.05) is 6.42 Å². The second kappa shape index (κ2) is 14.1. The lowest BCUT2D eigenvalue weighted by atomic mass is 10.0. The zero-order valence-corrected chi connectivity index (χ0v) is 21.8. The SMILES string of the molecule is CCOC(=O)[C@H]1O[C@@H]1C(=O)N(CC(=O)O)NC(=O)[C@H](C)NC(=O)[C@@H](NC(=O)CCc1ccccc1)C(C)C. The summed E-state index contributed by atoms with van der Waals surface area (Å²) in [5.41, 5.74) is 3.12. The number of carboxylic acids is 1. The molecule has 208 valence electrons. The van der Waals surface area contributed by atoms with Gasteiger partial charge in [-0.05, 0) is 31.7 Å². The van der Waals surface area contributed by atoms with Crippen molar-refractivity contribution in [1.29, 1.82) is 0 Å². The average Bonchev–Trinajstić information content (AvgIpc) is 3.66. The van der Waals surface area contributed by atoms with Gasteiger partial charge in [0.2, 0.25) is 11.8 Å². The third kappa shape index (κ3) is 9.14. The molecule has 13 heteroatoms. The molecule has 0 spiro atoms. The van der Waals surface area contributed by atoms with E-state index in [1.165, 1.54) is 6.92 Å². The Morgan fingerprint density at radius 1 is 1.00 bits per heavy atom. The second-order valence-corrected chi connectivity index (χ2v) is 9.03. The highest BCUT2D eigenvalue weighted by molar-refractivity contribution is 5.96.